The first kappa shape index (κ1) is 21.5. The minimum Gasteiger partial charge on any atom is -0.394 e. The lowest BCUT2D eigenvalue weighted by Gasteiger charge is -2.20. The van der Waals surface area contributed by atoms with Gasteiger partial charge in [0.2, 0.25) is 0 Å². The van der Waals surface area contributed by atoms with Crippen molar-refractivity contribution in [2.45, 2.75) is 6.04 Å². The lowest BCUT2D eigenvalue weighted by atomic mass is 10.0. The molecule has 0 aliphatic carbocycles. The Balaban J connectivity index is 1.23. The molecule has 0 spiro atoms. The molecule has 0 radical (unpaired) electrons. The van der Waals surface area contributed by atoms with E-state index < -0.39 is 0 Å². The van der Waals surface area contributed by atoms with Crippen LogP contribution in [0.5, 0.6) is 0 Å². The van der Waals surface area contributed by atoms with Gasteiger partial charge in [-0.15, -0.1) is 11.3 Å². The Morgan fingerprint density at radius 3 is 2.53 bits per heavy atom. The molecule has 174 valence electrons. The Kier molecular flexibility index (Phi) is 5.64. The third-order valence-corrected chi connectivity index (χ3v) is 8.21. The van der Waals surface area contributed by atoms with Crippen LogP contribution in [0.3, 0.4) is 0 Å². The van der Waals surface area contributed by atoms with Crippen LogP contribution in [0.15, 0.2) is 61.1 Å². The lowest BCUT2D eigenvalue weighted by molar-refractivity contribution is 0.276. The van der Waals surface area contributed by atoms with Gasteiger partial charge in [0.25, 0.3) is 0 Å². The topological polar surface area (TPSA) is 77.4 Å². The number of nitrogens with zero attached hydrogens (tertiary/aromatic N) is 5. The molecule has 7 nitrogen and oxygen atoms in total. The molecular weight excluding hydrogens is 444 g/mol. The van der Waals surface area contributed by atoms with Crippen LogP contribution in [0.2, 0.25) is 0 Å². The van der Waals surface area contributed by atoms with Crippen LogP contribution in [0.4, 0.5) is 11.6 Å². The van der Waals surface area contributed by atoms with E-state index in [4.69, 9.17) is 4.98 Å². The second-order valence-corrected chi connectivity index (χ2v) is 10.4. The first-order valence-electron chi connectivity index (χ1n) is 11.7. The van der Waals surface area contributed by atoms with Crippen molar-refractivity contribution in [2.24, 2.45) is 11.8 Å². The number of hydrogen-bond donors (Lipinski definition) is 2. The van der Waals surface area contributed by atoms with Gasteiger partial charge in [-0.3, -0.25) is 0 Å². The molecule has 3 aromatic heterocycles. The molecule has 0 amide bonds. The van der Waals surface area contributed by atoms with E-state index in [9.17, 15) is 5.11 Å². The number of fused-ring (bicyclic) bond motifs is 2. The maximum Gasteiger partial charge on any atom is 0.148 e. The van der Waals surface area contributed by atoms with E-state index in [1.54, 1.807) is 17.7 Å². The van der Waals surface area contributed by atoms with Gasteiger partial charge in [-0.1, -0.05) is 30.3 Å². The highest BCUT2D eigenvalue weighted by Crippen LogP contribution is 2.37. The summed E-state index contributed by atoms with van der Waals surface area (Å²) in [4.78, 5) is 19.8. The number of likely N-dealkylation sites (tertiary alicyclic amines) is 1. The maximum atomic E-state index is 9.96. The van der Waals surface area contributed by atoms with E-state index in [0.29, 0.717) is 0 Å². The highest BCUT2D eigenvalue weighted by atomic mass is 32.1. The van der Waals surface area contributed by atoms with Gasteiger partial charge in [-0.2, -0.15) is 0 Å². The van der Waals surface area contributed by atoms with Crippen molar-refractivity contribution in [3.05, 3.63) is 66.6 Å². The van der Waals surface area contributed by atoms with E-state index >= 15 is 0 Å². The Hall–Kier alpha value is -3.07. The Labute approximate surface area is 203 Å². The highest BCUT2D eigenvalue weighted by molar-refractivity contribution is 7.22. The standard InChI is InChI=1S/C26H28N6OS/c1-31-11-19-13-32(14-20(19)12-31)24-8-7-18(10-27-24)23-9-21-25(34-23)26(29-16-28-21)30-22(15-33)17-5-3-2-4-6-17/h2-10,16,19-20,22,33H,11-15H2,1H3,(H,28,29,30)/t19?,20?,22-/m1/s1. The molecule has 34 heavy (non-hydrogen) atoms. The molecule has 1 aromatic carbocycles. The molecule has 2 aliphatic rings. The van der Waals surface area contributed by atoms with Gasteiger partial charge in [0, 0.05) is 42.8 Å². The Morgan fingerprint density at radius 2 is 1.82 bits per heavy atom. The number of benzene rings is 1. The second kappa shape index (κ2) is 8.94. The molecule has 5 heterocycles. The van der Waals surface area contributed by atoms with Gasteiger partial charge in [0.1, 0.15) is 18.0 Å². The fraction of sp³-hybridized carbons (Fsp3) is 0.346. The normalized spacial score (nSPS) is 21.2. The van der Waals surface area contributed by atoms with Gasteiger partial charge < -0.3 is 20.2 Å². The third kappa shape index (κ3) is 4.02. The van der Waals surface area contributed by atoms with Crippen LogP contribution in [0.1, 0.15) is 11.6 Å². The number of hydrogen-bond acceptors (Lipinski definition) is 8. The summed E-state index contributed by atoms with van der Waals surface area (Å²) in [5, 5.41) is 13.4. The number of aliphatic hydroxyl groups is 1. The van der Waals surface area contributed by atoms with Crippen LogP contribution >= 0.6 is 11.3 Å². The average molecular weight is 473 g/mol. The summed E-state index contributed by atoms with van der Waals surface area (Å²) in [6.45, 7) is 4.57. The van der Waals surface area contributed by atoms with Crippen molar-refractivity contribution in [3.63, 3.8) is 0 Å². The van der Waals surface area contributed by atoms with E-state index in [0.717, 1.165) is 62.8 Å². The molecular formula is C26H28N6OS. The van der Waals surface area contributed by atoms with Crippen molar-refractivity contribution in [1.29, 1.82) is 0 Å². The van der Waals surface area contributed by atoms with Gasteiger partial charge >= 0.3 is 0 Å². The Morgan fingerprint density at radius 1 is 1.03 bits per heavy atom. The maximum absolute atomic E-state index is 9.96. The minimum absolute atomic E-state index is 0.0202. The summed E-state index contributed by atoms with van der Waals surface area (Å²) < 4.78 is 0.979. The molecule has 2 fully saturated rings. The number of aliphatic hydroxyl groups excluding tert-OH is 1. The molecule has 0 bridgehead atoms. The van der Waals surface area contributed by atoms with Crippen LogP contribution in [0.25, 0.3) is 20.7 Å². The molecule has 8 heteroatoms. The first-order chi connectivity index (χ1) is 16.7. The van der Waals surface area contributed by atoms with E-state index in [-0.39, 0.29) is 12.6 Å². The zero-order chi connectivity index (χ0) is 23.1. The summed E-state index contributed by atoms with van der Waals surface area (Å²) in [5.74, 6) is 3.33. The predicted molar refractivity (Wildman–Crippen MR) is 137 cm³/mol. The van der Waals surface area contributed by atoms with Crippen LogP contribution in [0, 0.1) is 11.8 Å². The first-order valence-corrected chi connectivity index (χ1v) is 12.6. The highest BCUT2D eigenvalue weighted by Gasteiger charge is 2.39. The summed E-state index contributed by atoms with van der Waals surface area (Å²) in [6, 6.07) is 16.1. The quantitative estimate of drug-likeness (QED) is 0.441. The zero-order valence-electron chi connectivity index (χ0n) is 19.1. The Bertz CT molecular complexity index is 1260. The van der Waals surface area contributed by atoms with Crippen molar-refractivity contribution >= 4 is 33.2 Å². The van der Waals surface area contributed by atoms with Gasteiger partial charge in [0.15, 0.2) is 0 Å². The second-order valence-electron chi connectivity index (χ2n) is 9.39. The summed E-state index contributed by atoms with van der Waals surface area (Å²) in [7, 11) is 2.22. The molecule has 2 saturated heterocycles. The molecule has 2 aliphatic heterocycles. The minimum atomic E-state index is -0.231. The molecule has 3 atom stereocenters. The van der Waals surface area contributed by atoms with E-state index in [1.165, 1.54) is 13.1 Å². The molecule has 2 N–H and O–H groups in total. The number of thiophene rings is 1. The number of rotatable bonds is 6. The van der Waals surface area contributed by atoms with Crippen LogP contribution in [-0.2, 0) is 0 Å². The van der Waals surface area contributed by atoms with Gasteiger partial charge in [0.05, 0.1) is 22.9 Å². The lowest BCUT2D eigenvalue weighted by Crippen LogP contribution is -2.27. The zero-order valence-corrected chi connectivity index (χ0v) is 19.9. The van der Waals surface area contributed by atoms with Crippen molar-refractivity contribution in [1.82, 2.24) is 19.9 Å². The van der Waals surface area contributed by atoms with E-state index in [2.05, 4.69) is 50.3 Å². The molecule has 0 saturated carbocycles. The van der Waals surface area contributed by atoms with Crippen molar-refractivity contribution < 1.29 is 5.11 Å². The number of pyridine rings is 1. The van der Waals surface area contributed by atoms with Crippen LogP contribution < -0.4 is 10.2 Å². The van der Waals surface area contributed by atoms with Crippen molar-refractivity contribution in [2.75, 3.05) is 50.1 Å². The molecule has 4 aromatic rings. The SMILES string of the molecule is CN1CC2CN(c3ccc(-c4cc5ncnc(N[C@H](CO)c6ccccc6)c5s4)cn3)CC2C1. The largest absolute Gasteiger partial charge is 0.394 e. The number of aromatic nitrogens is 3. The monoisotopic (exact) mass is 472 g/mol. The number of anilines is 2. The van der Waals surface area contributed by atoms with Gasteiger partial charge in [-0.25, -0.2) is 15.0 Å². The summed E-state index contributed by atoms with van der Waals surface area (Å²) >= 11 is 1.65. The molecule has 6 rings (SSSR count). The fourth-order valence-corrected chi connectivity index (χ4v) is 6.37. The number of nitrogens with one attached hydrogen (secondary N) is 1. The third-order valence-electron chi connectivity index (χ3n) is 7.03. The van der Waals surface area contributed by atoms with Gasteiger partial charge in [-0.05, 0) is 42.6 Å². The summed E-state index contributed by atoms with van der Waals surface area (Å²) in [6.07, 6.45) is 3.55. The van der Waals surface area contributed by atoms with E-state index in [1.807, 2.05) is 36.5 Å². The van der Waals surface area contributed by atoms with Crippen molar-refractivity contribution in [3.8, 4) is 10.4 Å². The molecule has 2 unspecified atom stereocenters. The average Bonchev–Trinajstić information content (AvgIpc) is 3.56. The van der Waals surface area contributed by atoms with Crippen LogP contribution in [-0.4, -0.2) is 64.8 Å². The predicted octanol–water partition coefficient (Wildman–Crippen LogP) is 3.90. The fourth-order valence-electron chi connectivity index (χ4n) is 5.32. The smallest absolute Gasteiger partial charge is 0.148 e. The summed E-state index contributed by atoms with van der Waals surface area (Å²) in [5.41, 5.74) is 2.99.